The van der Waals surface area contributed by atoms with Gasteiger partial charge in [-0.15, -0.1) is 0 Å². The van der Waals surface area contributed by atoms with E-state index in [4.69, 9.17) is 4.74 Å². The molecule has 0 N–H and O–H groups in total. The van der Waals surface area contributed by atoms with E-state index in [1.54, 1.807) is 0 Å². The summed E-state index contributed by atoms with van der Waals surface area (Å²) in [5, 5.41) is 0.221. The lowest BCUT2D eigenvalue weighted by atomic mass is 9.80. The molecule has 3 rings (SSSR count). The normalized spacial score (nSPS) is 19.7. The van der Waals surface area contributed by atoms with Crippen LogP contribution < -0.4 is 0 Å². The first-order chi connectivity index (χ1) is 10.3. The summed E-state index contributed by atoms with van der Waals surface area (Å²) in [4.78, 5) is 40.8. The standard InChI is InChI=1S/C14H11F2NO5/c1-13(15,16)14(6-21-7-14)12(20)22-17-10(18)8-4-2-3-5-9(8)11(17)19/h2-5H,6-7H2,1H3. The van der Waals surface area contributed by atoms with Gasteiger partial charge in [0.05, 0.1) is 24.3 Å². The molecule has 2 heterocycles. The molecule has 1 aromatic carbocycles. The lowest BCUT2D eigenvalue weighted by molar-refractivity contribution is -0.257. The first kappa shape index (κ1) is 14.6. The molecule has 8 heteroatoms. The Hall–Kier alpha value is -2.35. The Morgan fingerprint density at radius 1 is 1.23 bits per heavy atom. The summed E-state index contributed by atoms with van der Waals surface area (Å²) in [6, 6.07) is 5.85. The SMILES string of the molecule is CC(F)(F)C1(C(=O)ON2C(=O)c3ccccc3C2=O)COC1. The Balaban J connectivity index is 1.85. The molecule has 1 fully saturated rings. The van der Waals surface area contributed by atoms with Gasteiger partial charge in [-0.25, -0.2) is 13.6 Å². The predicted octanol–water partition coefficient (Wildman–Crippen LogP) is 1.41. The van der Waals surface area contributed by atoms with Crippen LogP contribution in [0.4, 0.5) is 8.78 Å². The van der Waals surface area contributed by atoms with Crippen molar-refractivity contribution in [3.05, 3.63) is 35.4 Å². The molecule has 0 radical (unpaired) electrons. The summed E-state index contributed by atoms with van der Waals surface area (Å²) >= 11 is 0. The predicted molar refractivity (Wildman–Crippen MR) is 66.9 cm³/mol. The van der Waals surface area contributed by atoms with Gasteiger partial charge in [0.25, 0.3) is 17.7 Å². The van der Waals surface area contributed by atoms with Gasteiger partial charge in [0.15, 0.2) is 5.41 Å². The molecule has 2 amide bonds. The number of hydroxylamine groups is 2. The molecule has 2 aliphatic rings. The van der Waals surface area contributed by atoms with E-state index in [-0.39, 0.29) is 16.2 Å². The van der Waals surface area contributed by atoms with Crippen LogP contribution in [0.25, 0.3) is 0 Å². The molecule has 6 nitrogen and oxygen atoms in total. The summed E-state index contributed by atoms with van der Waals surface area (Å²) in [6.07, 6.45) is 0. The number of nitrogens with zero attached hydrogens (tertiary/aromatic N) is 1. The topological polar surface area (TPSA) is 72.9 Å². The lowest BCUT2D eigenvalue weighted by Gasteiger charge is -2.42. The van der Waals surface area contributed by atoms with Crippen LogP contribution in [-0.4, -0.2) is 42.0 Å². The van der Waals surface area contributed by atoms with Crippen molar-refractivity contribution < 1.29 is 32.7 Å². The first-order valence-corrected chi connectivity index (χ1v) is 6.44. The number of imide groups is 1. The van der Waals surface area contributed by atoms with E-state index >= 15 is 0 Å². The van der Waals surface area contributed by atoms with Crippen LogP contribution in [0.2, 0.25) is 0 Å². The van der Waals surface area contributed by atoms with Crippen LogP contribution >= 0.6 is 0 Å². The summed E-state index contributed by atoms with van der Waals surface area (Å²) in [5.41, 5.74) is -2.06. The van der Waals surface area contributed by atoms with Crippen LogP contribution in [0.3, 0.4) is 0 Å². The minimum Gasteiger partial charge on any atom is -0.378 e. The number of alkyl halides is 2. The van der Waals surface area contributed by atoms with Crippen molar-refractivity contribution in [3.8, 4) is 0 Å². The molecule has 22 heavy (non-hydrogen) atoms. The van der Waals surface area contributed by atoms with Gasteiger partial charge in [-0.05, 0) is 12.1 Å². The molecule has 0 atom stereocenters. The number of fused-ring (bicyclic) bond motifs is 1. The van der Waals surface area contributed by atoms with Crippen molar-refractivity contribution >= 4 is 17.8 Å². The fraction of sp³-hybridized carbons (Fsp3) is 0.357. The van der Waals surface area contributed by atoms with Crippen LogP contribution in [0.15, 0.2) is 24.3 Å². The Morgan fingerprint density at radius 2 is 1.73 bits per heavy atom. The third-order valence-electron chi connectivity index (χ3n) is 3.86. The average Bonchev–Trinajstić information content (AvgIpc) is 2.61. The third kappa shape index (κ3) is 1.83. The molecular formula is C14H11F2NO5. The molecule has 0 aromatic heterocycles. The van der Waals surface area contributed by atoms with Crippen molar-refractivity contribution in [3.63, 3.8) is 0 Å². The Labute approximate surface area is 123 Å². The fourth-order valence-electron chi connectivity index (χ4n) is 2.28. The fourth-order valence-corrected chi connectivity index (χ4v) is 2.28. The van der Waals surface area contributed by atoms with Crippen LogP contribution in [0.1, 0.15) is 27.6 Å². The van der Waals surface area contributed by atoms with Gasteiger partial charge in [0.1, 0.15) is 0 Å². The third-order valence-corrected chi connectivity index (χ3v) is 3.86. The summed E-state index contributed by atoms with van der Waals surface area (Å²) in [6.45, 7) is -0.490. The molecule has 0 unspecified atom stereocenters. The number of amides is 2. The highest BCUT2D eigenvalue weighted by molar-refractivity contribution is 6.20. The Kier molecular flexibility index (Phi) is 3.03. The number of rotatable bonds is 3. The molecule has 0 bridgehead atoms. The van der Waals surface area contributed by atoms with Gasteiger partial charge in [-0.3, -0.25) is 9.59 Å². The van der Waals surface area contributed by atoms with Crippen LogP contribution in [0, 0.1) is 5.41 Å². The molecule has 0 saturated carbocycles. The quantitative estimate of drug-likeness (QED) is 0.789. The molecule has 1 aromatic rings. The number of ether oxygens (including phenoxy) is 1. The van der Waals surface area contributed by atoms with Crippen molar-refractivity contribution in [1.29, 1.82) is 0 Å². The number of hydrogen-bond donors (Lipinski definition) is 0. The summed E-state index contributed by atoms with van der Waals surface area (Å²) < 4.78 is 32.0. The van der Waals surface area contributed by atoms with E-state index in [1.807, 2.05) is 0 Å². The van der Waals surface area contributed by atoms with Crippen LogP contribution in [0.5, 0.6) is 0 Å². The molecule has 2 aliphatic heterocycles. The number of carbonyl (C=O) groups is 3. The van der Waals surface area contributed by atoms with E-state index in [0.717, 1.165) is 0 Å². The zero-order chi connectivity index (χ0) is 16.1. The highest BCUT2D eigenvalue weighted by atomic mass is 19.3. The molecule has 1 saturated heterocycles. The Bertz CT molecular complexity index is 643. The minimum atomic E-state index is -3.40. The first-order valence-electron chi connectivity index (χ1n) is 6.44. The number of hydrogen-bond acceptors (Lipinski definition) is 5. The van der Waals surface area contributed by atoms with Crippen molar-refractivity contribution in [2.45, 2.75) is 12.8 Å². The molecule has 116 valence electrons. The van der Waals surface area contributed by atoms with Gasteiger partial charge in [0.2, 0.25) is 0 Å². The van der Waals surface area contributed by atoms with E-state index in [1.165, 1.54) is 24.3 Å². The van der Waals surface area contributed by atoms with Crippen LogP contribution in [-0.2, 0) is 14.4 Å². The molecule has 0 spiro atoms. The zero-order valence-corrected chi connectivity index (χ0v) is 11.5. The zero-order valence-electron chi connectivity index (χ0n) is 11.5. The van der Waals surface area contributed by atoms with E-state index < -0.39 is 42.3 Å². The van der Waals surface area contributed by atoms with Gasteiger partial charge in [0, 0.05) is 6.92 Å². The van der Waals surface area contributed by atoms with E-state index in [2.05, 4.69) is 4.84 Å². The number of carbonyl (C=O) groups excluding carboxylic acids is 3. The minimum absolute atomic E-state index is 0.0578. The smallest absolute Gasteiger partial charge is 0.350 e. The van der Waals surface area contributed by atoms with Crippen molar-refractivity contribution in [1.82, 2.24) is 5.06 Å². The maximum absolute atomic E-state index is 13.6. The second-order valence-corrected chi connectivity index (χ2v) is 5.29. The largest absolute Gasteiger partial charge is 0.378 e. The highest BCUT2D eigenvalue weighted by Crippen LogP contribution is 2.44. The maximum Gasteiger partial charge on any atom is 0.350 e. The van der Waals surface area contributed by atoms with Gasteiger partial charge in [-0.1, -0.05) is 17.2 Å². The van der Waals surface area contributed by atoms with E-state index in [0.29, 0.717) is 6.92 Å². The lowest BCUT2D eigenvalue weighted by Crippen LogP contribution is -2.61. The van der Waals surface area contributed by atoms with E-state index in [9.17, 15) is 23.2 Å². The Morgan fingerprint density at radius 3 is 2.09 bits per heavy atom. The molecule has 0 aliphatic carbocycles. The van der Waals surface area contributed by atoms with Gasteiger partial charge >= 0.3 is 5.97 Å². The molecular weight excluding hydrogens is 300 g/mol. The van der Waals surface area contributed by atoms with Crippen molar-refractivity contribution in [2.75, 3.05) is 13.2 Å². The number of benzene rings is 1. The van der Waals surface area contributed by atoms with Gasteiger partial charge < -0.3 is 9.57 Å². The summed E-state index contributed by atoms with van der Waals surface area (Å²) in [5.74, 6) is -6.48. The monoisotopic (exact) mass is 311 g/mol. The second kappa shape index (κ2) is 4.57. The highest BCUT2D eigenvalue weighted by Gasteiger charge is 2.63. The average molecular weight is 311 g/mol. The summed E-state index contributed by atoms with van der Waals surface area (Å²) in [7, 11) is 0. The van der Waals surface area contributed by atoms with Crippen molar-refractivity contribution in [2.24, 2.45) is 5.41 Å². The maximum atomic E-state index is 13.6. The van der Waals surface area contributed by atoms with Gasteiger partial charge in [-0.2, -0.15) is 0 Å². The number of halogens is 2. The second-order valence-electron chi connectivity index (χ2n) is 5.29.